The van der Waals surface area contributed by atoms with Crippen molar-refractivity contribution in [2.24, 2.45) is 0 Å². The van der Waals surface area contributed by atoms with Gasteiger partial charge in [-0.25, -0.2) is 0 Å². The van der Waals surface area contributed by atoms with Gasteiger partial charge in [-0.05, 0) is 69.1 Å². The first kappa shape index (κ1) is 21.8. The van der Waals surface area contributed by atoms with Crippen molar-refractivity contribution < 1.29 is 13.7 Å². The Morgan fingerprint density at radius 3 is 2.16 bits per heavy atom. The molecule has 2 aromatic carbocycles. The Labute approximate surface area is 183 Å². The molecule has 0 radical (unpaired) electrons. The highest BCUT2D eigenvalue weighted by atomic mass is 19.1. The third kappa shape index (κ3) is 3.42. The van der Waals surface area contributed by atoms with Crippen LogP contribution >= 0.6 is 0 Å². The van der Waals surface area contributed by atoms with Crippen LogP contribution < -0.4 is 11.0 Å². The number of nitrogens with zero attached hydrogens (tertiary/aromatic N) is 1. The summed E-state index contributed by atoms with van der Waals surface area (Å²) in [5.41, 5.74) is 1.36. The van der Waals surface area contributed by atoms with Gasteiger partial charge in [0.05, 0.1) is 16.9 Å². The first-order chi connectivity index (χ1) is 14.4. The van der Waals surface area contributed by atoms with E-state index in [4.69, 9.17) is 9.31 Å². The summed E-state index contributed by atoms with van der Waals surface area (Å²) in [4.78, 5) is 13.4. The number of para-hydroxylation sites is 1. The van der Waals surface area contributed by atoms with Gasteiger partial charge >= 0.3 is 7.12 Å². The molecule has 3 aromatic rings. The molecule has 0 aliphatic carbocycles. The predicted octanol–water partition coefficient (Wildman–Crippen LogP) is 4.86. The fourth-order valence-corrected chi connectivity index (χ4v) is 4.12. The lowest BCUT2D eigenvalue weighted by Gasteiger charge is -2.32. The molecule has 0 saturated carbocycles. The third-order valence-electron chi connectivity index (χ3n) is 6.64. The molecule has 0 bridgehead atoms. The highest BCUT2D eigenvalue weighted by Gasteiger charge is 2.51. The summed E-state index contributed by atoms with van der Waals surface area (Å²) < 4.78 is 29.4. The molecule has 1 aliphatic rings. The Hall–Kier alpha value is -2.44. The summed E-state index contributed by atoms with van der Waals surface area (Å²) in [6.07, 6.45) is 0. The Kier molecular flexibility index (Phi) is 5.14. The average Bonchev–Trinajstić information content (AvgIpc) is 2.90. The predicted molar refractivity (Wildman–Crippen MR) is 124 cm³/mol. The molecular weight excluding hydrogens is 392 g/mol. The van der Waals surface area contributed by atoms with E-state index >= 15 is 4.39 Å². The number of pyridine rings is 1. The zero-order chi connectivity index (χ0) is 22.7. The van der Waals surface area contributed by atoms with Crippen LogP contribution in [0.4, 0.5) is 4.39 Å². The van der Waals surface area contributed by atoms with Gasteiger partial charge in [0.25, 0.3) is 5.56 Å². The number of benzene rings is 2. The van der Waals surface area contributed by atoms with Crippen LogP contribution in [-0.2, 0) is 9.31 Å². The number of aromatic nitrogens is 1. The maximum absolute atomic E-state index is 15.8. The maximum atomic E-state index is 15.8. The van der Waals surface area contributed by atoms with Crippen LogP contribution in [-0.4, -0.2) is 22.9 Å². The molecule has 0 N–H and O–H groups in total. The van der Waals surface area contributed by atoms with E-state index in [1.807, 2.05) is 78.8 Å². The zero-order valence-corrected chi connectivity index (χ0v) is 19.2. The highest BCUT2D eigenvalue weighted by Crippen LogP contribution is 2.37. The Morgan fingerprint density at radius 2 is 1.58 bits per heavy atom. The van der Waals surface area contributed by atoms with Gasteiger partial charge < -0.3 is 9.31 Å². The molecule has 1 fully saturated rings. The summed E-state index contributed by atoms with van der Waals surface area (Å²) in [5, 5.41) is 1.09. The smallest absolute Gasteiger partial charge is 0.399 e. The molecule has 31 heavy (non-hydrogen) atoms. The largest absolute Gasteiger partial charge is 0.494 e. The summed E-state index contributed by atoms with van der Waals surface area (Å²) in [5.74, 6) is -0.639. The SMILES string of the molecule is Cc1ccccc1-n1c(F)c(C(C)C)c2cc(B3OC(C)(C)C(C)(C)O3)ccc2c1=O. The van der Waals surface area contributed by atoms with Crippen LogP contribution in [0.3, 0.4) is 0 Å². The van der Waals surface area contributed by atoms with Crippen molar-refractivity contribution >= 4 is 23.4 Å². The minimum absolute atomic E-state index is 0.119. The highest BCUT2D eigenvalue weighted by molar-refractivity contribution is 6.62. The van der Waals surface area contributed by atoms with E-state index in [1.54, 1.807) is 12.1 Å². The summed E-state index contributed by atoms with van der Waals surface area (Å²) in [7, 11) is -0.573. The topological polar surface area (TPSA) is 40.5 Å². The van der Waals surface area contributed by atoms with E-state index in [-0.39, 0.29) is 11.5 Å². The number of hydrogen-bond donors (Lipinski definition) is 0. The molecule has 0 unspecified atom stereocenters. The van der Waals surface area contributed by atoms with Gasteiger partial charge in [-0.3, -0.25) is 9.36 Å². The maximum Gasteiger partial charge on any atom is 0.494 e. The van der Waals surface area contributed by atoms with E-state index in [9.17, 15) is 4.79 Å². The minimum Gasteiger partial charge on any atom is -0.399 e. The van der Waals surface area contributed by atoms with Crippen LogP contribution in [0.5, 0.6) is 0 Å². The molecule has 0 atom stereocenters. The average molecular weight is 421 g/mol. The normalized spacial score (nSPS) is 17.6. The molecule has 1 aliphatic heterocycles. The van der Waals surface area contributed by atoms with Crippen molar-refractivity contribution in [2.75, 3.05) is 0 Å². The van der Waals surface area contributed by atoms with Gasteiger partial charge in [-0.2, -0.15) is 4.39 Å². The summed E-state index contributed by atoms with van der Waals surface area (Å²) >= 11 is 0. The van der Waals surface area contributed by atoms with E-state index in [0.29, 0.717) is 22.0 Å². The molecule has 2 heterocycles. The van der Waals surface area contributed by atoms with Crippen LogP contribution in [0, 0.1) is 12.9 Å². The summed E-state index contributed by atoms with van der Waals surface area (Å²) in [6.45, 7) is 13.7. The first-order valence-electron chi connectivity index (χ1n) is 10.7. The molecule has 4 rings (SSSR count). The first-order valence-corrected chi connectivity index (χ1v) is 10.7. The fourth-order valence-electron chi connectivity index (χ4n) is 4.12. The second-order valence-corrected chi connectivity index (χ2v) is 9.68. The van der Waals surface area contributed by atoms with Crippen molar-refractivity contribution in [1.82, 2.24) is 4.57 Å². The number of aryl methyl sites for hydroxylation is 1. The van der Waals surface area contributed by atoms with Gasteiger partial charge in [0.1, 0.15) is 0 Å². The zero-order valence-electron chi connectivity index (χ0n) is 19.2. The lowest BCUT2D eigenvalue weighted by Crippen LogP contribution is -2.41. The van der Waals surface area contributed by atoms with Crippen molar-refractivity contribution in [2.45, 2.75) is 65.6 Å². The third-order valence-corrected chi connectivity index (χ3v) is 6.64. The van der Waals surface area contributed by atoms with E-state index in [0.717, 1.165) is 11.0 Å². The molecular formula is C25H29BFNO3. The van der Waals surface area contributed by atoms with Gasteiger partial charge in [-0.1, -0.05) is 44.2 Å². The quantitative estimate of drug-likeness (QED) is 0.448. The number of fused-ring (bicyclic) bond motifs is 1. The van der Waals surface area contributed by atoms with Crippen LogP contribution in [0.1, 0.15) is 58.6 Å². The van der Waals surface area contributed by atoms with Crippen molar-refractivity contribution in [3.8, 4) is 5.69 Å². The van der Waals surface area contributed by atoms with Gasteiger partial charge in [0, 0.05) is 10.9 Å². The molecule has 1 saturated heterocycles. The van der Waals surface area contributed by atoms with Gasteiger partial charge in [0.15, 0.2) is 0 Å². The fraction of sp³-hybridized carbons (Fsp3) is 0.400. The van der Waals surface area contributed by atoms with E-state index < -0.39 is 24.3 Å². The van der Waals surface area contributed by atoms with Crippen LogP contribution in [0.2, 0.25) is 0 Å². The molecule has 0 amide bonds. The van der Waals surface area contributed by atoms with Gasteiger partial charge in [0.2, 0.25) is 5.95 Å². The molecule has 6 heteroatoms. The Bertz CT molecular complexity index is 1210. The van der Waals surface area contributed by atoms with E-state index in [2.05, 4.69) is 0 Å². The second kappa shape index (κ2) is 7.32. The molecule has 162 valence electrons. The van der Waals surface area contributed by atoms with Crippen molar-refractivity contribution in [3.05, 3.63) is 69.9 Å². The minimum atomic E-state index is -0.573. The Morgan fingerprint density at radius 1 is 0.968 bits per heavy atom. The molecule has 0 spiro atoms. The number of rotatable bonds is 3. The monoisotopic (exact) mass is 421 g/mol. The lowest BCUT2D eigenvalue weighted by atomic mass is 9.77. The molecule has 1 aromatic heterocycles. The van der Waals surface area contributed by atoms with Crippen molar-refractivity contribution in [3.63, 3.8) is 0 Å². The van der Waals surface area contributed by atoms with Crippen LogP contribution in [0.15, 0.2) is 47.3 Å². The standard InChI is InChI=1S/C25H29BFNO3/c1-15(2)21-19-14-17(26-30-24(4,5)25(6,7)31-26)12-13-18(19)23(29)28(22(21)27)20-11-9-8-10-16(20)3/h8-15H,1-7H3. The van der Waals surface area contributed by atoms with Gasteiger partial charge in [-0.15, -0.1) is 0 Å². The van der Waals surface area contributed by atoms with Crippen molar-refractivity contribution in [1.29, 1.82) is 0 Å². The number of halogens is 1. The van der Waals surface area contributed by atoms with E-state index in [1.165, 1.54) is 4.57 Å². The second-order valence-electron chi connectivity index (χ2n) is 9.68. The van der Waals surface area contributed by atoms with Crippen LogP contribution in [0.25, 0.3) is 16.5 Å². The lowest BCUT2D eigenvalue weighted by molar-refractivity contribution is 0.00578. The Balaban J connectivity index is 1.96. The summed E-state index contributed by atoms with van der Waals surface area (Å²) in [6, 6.07) is 12.8. The molecule has 4 nitrogen and oxygen atoms in total. The number of hydrogen-bond acceptors (Lipinski definition) is 3.